The second-order valence-corrected chi connectivity index (χ2v) is 1.15. The predicted molar refractivity (Wildman–Crippen MR) is 26.4 cm³/mol. The average molecular weight is 140 g/mol. The molecule has 0 fully saturated rings. The Morgan fingerprint density at radius 3 is 3.00 bits per heavy atom. The third kappa shape index (κ3) is 5.36. The number of oxime groups is 1. The van der Waals surface area contributed by atoms with Crippen LogP contribution in [0.4, 0.5) is 4.39 Å². The Kier molecular flexibility index (Phi) is 4.16. The summed E-state index contributed by atoms with van der Waals surface area (Å²) in [6.45, 7) is -1.05. The van der Waals surface area contributed by atoms with Crippen LogP contribution in [0.1, 0.15) is 0 Å². The normalized spacial score (nSPS) is 9.75. The molecule has 0 N–H and O–H groups in total. The van der Waals surface area contributed by atoms with Gasteiger partial charge in [0.15, 0.2) is 0 Å². The summed E-state index contributed by atoms with van der Waals surface area (Å²) in [4.78, 5) is 13.5. The fourth-order valence-corrected chi connectivity index (χ4v) is 0.147. The summed E-state index contributed by atoms with van der Waals surface area (Å²) in [5.74, 6) is 0. The van der Waals surface area contributed by atoms with E-state index >= 15 is 0 Å². The number of hydrogen-bond donors (Lipinski definition) is 0. The molecule has 0 heterocycles. The van der Waals surface area contributed by atoms with Crippen molar-refractivity contribution in [2.45, 2.75) is 0 Å². The molecular weight excluding hydrogens is 136 g/mol. The van der Waals surface area contributed by atoms with Crippen molar-refractivity contribution in [1.82, 2.24) is 0 Å². The Balaban J connectivity index is 3.20. The van der Waals surface area contributed by atoms with Gasteiger partial charge < -0.3 is 4.84 Å². The first-order valence-electron chi connectivity index (χ1n) is 1.68. The lowest BCUT2D eigenvalue weighted by Crippen LogP contribution is -1.87. The molecule has 0 aliphatic carbocycles. The molecule has 0 saturated carbocycles. The van der Waals surface area contributed by atoms with Gasteiger partial charge in [-0.3, -0.25) is 4.79 Å². The van der Waals surface area contributed by atoms with E-state index in [9.17, 15) is 9.18 Å². The van der Waals surface area contributed by atoms with Crippen molar-refractivity contribution < 1.29 is 14.0 Å². The van der Waals surface area contributed by atoms with Crippen LogP contribution < -0.4 is 0 Å². The minimum absolute atomic E-state index is 0.668. The summed E-state index contributed by atoms with van der Waals surface area (Å²) in [5, 5.41) is 2.01. The lowest BCUT2D eigenvalue weighted by atomic mass is 10.9. The summed E-state index contributed by atoms with van der Waals surface area (Å²) >= 11 is 4.72. The zero-order valence-electron chi connectivity index (χ0n) is 3.80. The Morgan fingerprint density at radius 2 is 2.62 bits per heavy atom. The second kappa shape index (κ2) is 4.52. The van der Waals surface area contributed by atoms with Crippen molar-refractivity contribution in [2.24, 2.45) is 5.16 Å². The van der Waals surface area contributed by atoms with E-state index in [-0.39, 0.29) is 0 Å². The van der Waals surface area contributed by atoms with Gasteiger partial charge >= 0.3 is 0 Å². The number of nitrogens with zero attached hydrogens (tertiary/aromatic N) is 1. The van der Waals surface area contributed by atoms with Gasteiger partial charge in [0, 0.05) is 0 Å². The highest BCUT2D eigenvalue weighted by atomic mass is 35.5. The zero-order chi connectivity index (χ0) is 6.41. The van der Waals surface area contributed by atoms with Crippen LogP contribution in [-0.2, 0) is 9.63 Å². The summed E-state index contributed by atoms with van der Waals surface area (Å²) in [6, 6.07) is 0. The molecule has 0 amide bonds. The van der Waals surface area contributed by atoms with E-state index in [2.05, 4.69) is 9.99 Å². The number of carbonyl (C=O) groups is 1. The minimum atomic E-state index is -1.05. The van der Waals surface area contributed by atoms with E-state index in [0.717, 1.165) is 0 Å². The van der Waals surface area contributed by atoms with Crippen molar-refractivity contribution in [3.05, 3.63) is 0 Å². The standard InChI is InChI=1S/C3H3ClFNO2/c4-3(7)1-6-8-2-5/h1H,2H2. The molecule has 8 heavy (non-hydrogen) atoms. The van der Waals surface area contributed by atoms with Crippen LogP contribution in [0, 0.1) is 0 Å². The Hall–Kier alpha value is -0.640. The van der Waals surface area contributed by atoms with Gasteiger partial charge in [-0.2, -0.15) is 0 Å². The SMILES string of the molecule is O=C(Cl)C=NOCF. The molecule has 0 radical (unpaired) electrons. The molecule has 3 nitrogen and oxygen atoms in total. The van der Waals surface area contributed by atoms with Crippen LogP contribution in [0.3, 0.4) is 0 Å². The molecular formula is C3H3ClFNO2. The molecule has 0 spiro atoms. The molecule has 0 saturated heterocycles. The van der Waals surface area contributed by atoms with Crippen LogP contribution in [0.5, 0.6) is 0 Å². The zero-order valence-corrected chi connectivity index (χ0v) is 4.56. The van der Waals surface area contributed by atoms with Crippen molar-refractivity contribution in [3.63, 3.8) is 0 Å². The summed E-state index contributed by atoms with van der Waals surface area (Å²) < 4.78 is 11.0. The second-order valence-electron chi connectivity index (χ2n) is 0.777. The lowest BCUT2D eigenvalue weighted by Gasteiger charge is -1.82. The number of alkyl halides is 1. The Bertz CT molecular complexity index is 105. The van der Waals surface area contributed by atoms with Crippen molar-refractivity contribution in [2.75, 3.05) is 6.86 Å². The predicted octanol–water partition coefficient (Wildman–Crippen LogP) is 0.681. The highest BCUT2D eigenvalue weighted by molar-refractivity contribution is 6.77. The van der Waals surface area contributed by atoms with Crippen LogP contribution in [0.15, 0.2) is 5.16 Å². The molecule has 0 aromatic carbocycles. The van der Waals surface area contributed by atoms with Gasteiger partial charge in [0.1, 0.15) is 6.21 Å². The molecule has 0 unspecified atom stereocenters. The summed E-state index contributed by atoms with van der Waals surface area (Å²) in [6.07, 6.45) is 0.668. The van der Waals surface area contributed by atoms with Gasteiger partial charge in [0.2, 0.25) is 0 Å². The summed E-state index contributed by atoms with van der Waals surface area (Å²) in [7, 11) is 0. The van der Waals surface area contributed by atoms with Crippen molar-refractivity contribution >= 4 is 23.1 Å². The van der Waals surface area contributed by atoms with Crippen LogP contribution >= 0.6 is 11.6 Å². The first-order valence-corrected chi connectivity index (χ1v) is 2.06. The number of halogens is 2. The van der Waals surface area contributed by atoms with Crippen LogP contribution in [-0.4, -0.2) is 18.3 Å². The van der Waals surface area contributed by atoms with E-state index in [1.807, 2.05) is 0 Å². The molecule has 5 heteroatoms. The van der Waals surface area contributed by atoms with Crippen LogP contribution in [0.2, 0.25) is 0 Å². The molecule has 0 aliphatic rings. The molecule has 0 bridgehead atoms. The highest BCUT2D eigenvalue weighted by Gasteiger charge is 1.83. The lowest BCUT2D eigenvalue weighted by molar-refractivity contribution is -0.106. The van der Waals surface area contributed by atoms with Gasteiger partial charge in [-0.1, -0.05) is 5.16 Å². The van der Waals surface area contributed by atoms with E-state index in [1.165, 1.54) is 0 Å². The van der Waals surface area contributed by atoms with Gasteiger partial charge in [0.25, 0.3) is 12.1 Å². The maximum Gasteiger partial charge on any atom is 0.266 e. The van der Waals surface area contributed by atoms with Crippen LogP contribution in [0.25, 0.3) is 0 Å². The minimum Gasteiger partial charge on any atom is -0.362 e. The Morgan fingerprint density at radius 1 is 2.00 bits per heavy atom. The van der Waals surface area contributed by atoms with E-state index < -0.39 is 12.1 Å². The maximum absolute atomic E-state index is 11.0. The third-order valence-corrected chi connectivity index (χ3v) is 0.375. The number of hydrogen-bond acceptors (Lipinski definition) is 3. The fourth-order valence-electron chi connectivity index (χ4n) is 0.107. The monoisotopic (exact) mass is 139 g/mol. The molecule has 46 valence electrons. The number of rotatable bonds is 3. The van der Waals surface area contributed by atoms with E-state index in [4.69, 9.17) is 11.6 Å². The van der Waals surface area contributed by atoms with E-state index in [1.54, 1.807) is 0 Å². The first kappa shape index (κ1) is 7.36. The largest absolute Gasteiger partial charge is 0.362 e. The van der Waals surface area contributed by atoms with Crippen molar-refractivity contribution in [1.29, 1.82) is 0 Å². The smallest absolute Gasteiger partial charge is 0.266 e. The Labute approximate surface area is 50.1 Å². The molecule has 0 aromatic heterocycles. The van der Waals surface area contributed by atoms with Gasteiger partial charge in [-0.05, 0) is 11.6 Å². The first-order chi connectivity index (χ1) is 3.77. The molecule has 0 rings (SSSR count). The number of carbonyl (C=O) groups excluding carboxylic acids is 1. The fraction of sp³-hybridized carbons (Fsp3) is 0.333. The maximum atomic E-state index is 11.0. The third-order valence-electron chi connectivity index (χ3n) is 0.278. The quantitative estimate of drug-likeness (QED) is 0.328. The average Bonchev–Trinajstić information content (AvgIpc) is 1.66. The molecule has 0 aromatic rings. The summed E-state index contributed by atoms with van der Waals surface area (Å²) in [5.41, 5.74) is 0. The molecule has 0 atom stereocenters. The molecule has 0 aliphatic heterocycles. The van der Waals surface area contributed by atoms with Crippen molar-refractivity contribution in [3.8, 4) is 0 Å². The van der Waals surface area contributed by atoms with Gasteiger partial charge in [0.05, 0.1) is 0 Å². The van der Waals surface area contributed by atoms with E-state index in [0.29, 0.717) is 6.21 Å². The highest BCUT2D eigenvalue weighted by Crippen LogP contribution is 1.77. The van der Waals surface area contributed by atoms with Gasteiger partial charge in [-0.15, -0.1) is 0 Å². The topological polar surface area (TPSA) is 38.7 Å². The van der Waals surface area contributed by atoms with Gasteiger partial charge in [-0.25, -0.2) is 4.39 Å².